The van der Waals surface area contributed by atoms with Crippen molar-refractivity contribution in [1.82, 2.24) is 10.2 Å². The van der Waals surface area contributed by atoms with Crippen LogP contribution >= 0.6 is 0 Å². The molecule has 21 heavy (non-hydrogen) atoms. The normalized spacial score (nSPS) is 17.4. The average Bonchev–Trinajstić information content (AvgIpc) is 3.01. The molecule has 4 heteroatoms. The lowest BCUT2D eigenvalue weighted by Gasteiger charge is -2.25. The first-order valence-corrected chi connectivity index (χ1v) is 7.89. The van der Waals surface area contributed by atoms with Crippen molar-refractivity contribution in [3.63, 3.8) is 0 Å². The Morgan fingerprint density at radius 1 is 1.38 bits per heavy atom. The highest BCUT2D eigenvalue weighted by atomic mass is 19.1. The van der Waals surface area contributed by atoms with Crippen LogP contribution in [0.15, 0.2) is 18.2 Å². The van der Waals surface area contributed by atoms with E-state index in [9.17, 15) is 4.39 Å². The fourth-order valence-corrected chi connectivity index (χ4v) is 3.05. The molecular formula is C17H27FN2O. The molecule has 1 saturated carbocycles. The Hall–Kier alpha value is -1.13. The molecule has 1 atom stereocenters. The second-order valence-corrected chi connectivity index (χ2v) is 5.99. The third-order valence-electron chi connectivity index (χ3n) is 4.54. The number of ether oxygens (including phenoxy) is 1. The summed E-state index contributed by atoms with van der Waals surface area (Å²) < 4.78 is 18.4. The fraction of sp³-hybridized carbons (Fsp3) is 0.647. The first-order chi connectivity index (χ1) is 10.1. The van der Waals surface area contributed by atoms with Crippen LogP contribution in [0.4, 0.5) is 4.39 Å². The van der Waals surface area contributed by atoms with Crippen LogP contribution in [-0.2, 0) is 0 Å². The van der Waals surface area contributed by atoms with E-state index in [1.807, 2.05) is 6.07 Å². The first-order valence-electron chi connectivity index (χ1n) is 7.89. The molecule has 0 bridgehead atoms. The molecule has 3 nitrogen and oxygen atoms in total. The molecule has 1 aromatic carbocycles. The molecule has 1 fully saturated rings. The van der Waals surface area contributed by atoms with Crippen LogP contribution in [-0.4, -0.2) is 38.2 Å². The standard InChI is InChI=1S/C17H27FN2O/c1-13(14-8-9-16(18)17(12-14)21-3)19-10-11-20(2)15-6-4-5-7-15/h8-9,12-13,15,19H,4-7,10-11H2,1-3H3. The van der Waals surface area contributed by atoms with Gasteiger partial charge in [-0.2, -0.15) is 0 Å². The van der Waals surface area contributed by atoms with E-state index in [0.29, 0.717) is 5.75 Å². The molecule has 0 heterocycles. The SMILES string of the molecule is COc1cc(C(C)NCCN(C)C2CCCC2)ccc1F. The summed E-state index contributed by atoms with van der Waals surface area (Å²) >= 11 is 0. The number of benzene rings is 1. The van der Waals surface area contributed by atoms with Crippen molar-refractivity contribution in [1.29, 1.82) is 0 Å². The van der Waals surface area contributed by atoms with Gasteiger partial charge in [0.1, 0.15) is 0 Å². The topological polar surface area (TPSA) is 24.5 Å². The molecule has 2 rings (SSSR count). The molecule has 1 N–H and O–H groups in total. The minimum absolute atomic E-state index is 0.191. The van der Waals surface area contributed by atoms with Gasteiger partial charge in [-0.15, -0.1) is 0 Å². The van der Waals surface area contributed by atoms with Gasteiger partial charge >= 0.3 is 0 Å². The van der Waals surface area contributed by atoms with E-state index in [1.165, 1.54) is 38.9 Å². The Morgan fingerprint density at radius 3 is 2.76 bits per heavy atom. The van der Waals surface area contributed by atoms with E-state index in [1.54, 1.807) is 6.07 Å². The highest BCUT2D eigenvalue weighted by Gasteiger charge is 2.19. The highest BCUT2D eigenvalue weighted by molar-refractivity contribution is 5.31. The van der Waals surface area contributed by atoms with Crippen molar-refractivity contribution >= 4 is 0 Å². The summed E-state index contributed by atoms with van der Waals surface area (Å²) in [6.07, 6.45) is 5.41. The number of halogens is 1. The van der Waals surface area contributed by atoms with Gasteiger partial charge < -0.3 is 15.0 Å². The van der Waals surface area contributed by atoms with Crippen molar-refractivity contribution in [2.24, 2.45) is 0 Å². The Balaban J connectivity index is 1.79. The maximum absolute atomic E-state index is 13.4. The summed E-state index contributed by atoms with van der Waals surface area (Å²) in [6, 6.07) is 6.01. The van der Waals surface area contributed by atoms with Crippen molar-refractivity contribution < 1.29 is 9.13 Å². The molecule has 1 aliphatic rings. The Morgan fingerprint density at radius 2 is 2.10 bits per heavy atom. The van der Waals surface area contributed by atoms with Crippen LogP contribution in [0, 0.1) is 5.82 Å². The molecule has 1 unspecified atom stereocenters. The van der Waals surface area contributed by atoms with Crippen LogP contribution in [0.3, 0.4) is 0 Å². The largest absolute Gasteiger partial charge is 0.494 e. The quantitative estimate of drug-likeness (QED) is 0.834. The maximum atomic E-state index is 13.4. The van der Waals surface area contributed by atoms with Crippen LogP contribution in [0.25, 0.3) is 0 Å². The summed E-state index contributed by atoms with van der Waals surface area (Å²) in [5, 5.41) is 3.50. The molecule has 1 aliphatic carbocycles. The zero-order valence-electron chi connectivity index (χ0n) is 13.4. The van der Waals surface area contributed by atoms with Crippen LogP contribution in [0.1, 0.15) is 44.2 Å². The number of rotatable bonds is 7. The minimum Gasteiger partial charge on any atom is -0.494 e. The molecule has 0 spiro atoms. The van der Waals surface area contributed by atoms with Crippen LogP contribution < -0.4 is 10.1 Å². The second-order valence-electron chi connectivity index (χ2n) is 5.99. The number of methoxy groups -OCH3 is 1. The van der Waals surface area contributed by atoms with Gasteiger partial charge in [-0.1, -0.05) is 18.9 Å². The maximum Gasteiger partial charge on any atom is 0.165 e. The lowest BCUT2D eigenvalue weighted by atomic mass is 10.1. The molecule has 0 aliphatic heterocycles. The van der Waals surface area contributed by atoms with Gasteiger partial charge in [0.2, 0.25) is 0 Å². The number of hydrogen-bond donors (Lipinski definition) is 1. The number of hydrogen-bond acceptors (Lipinski definition) is 3. The van der Waals surface area contributed by atoms with Gasteiger partial charge in [0.15, 0.2) is 11.6 Å². The lowest BCUT2D eigenvalue weighted by molar-refractivity contribution is 0.243. The third kappa shape index (κ3) is 4.42. The zero-order chi connectivity index (χ0) is 15.2. The first kappa shape index (κ1) is 16.2. The van der Waals surface area contributed by atoms with Crippen molar-refractivity contribution in [3.8, 4) is 5.75 Å². The second kappa shape index (κ2) is 7.76. The van der Waals surface area contributed by atoms with Crippen molar-refractivity contribution in [2.45, 2.75) is 44.7 Å². The van der Waals surface area contributed by atoms with E-state index >= 15 is 0 Å². The van der Waals surface area contributed by atoms with Gasteiger partial charge in [0, 0.05) is 25.2 Å². The molecule has 0 amide bonds. The van der Waals surface area contributed by atoms with E-state index < -0.39 is 0 Å². The van der Waals surface area contributed by atoms with Crippen molar-refractivity contribution in [2.75, 3.05) is 27.2 Å². The Labute approximate surface area is 127 Å². The van der Waals surface area contributed by atoms with E-state index in [4.69, 9.17) is 4.74 Å². The summed E-state index contributed by atoms with van der Waals surface area (Å²) in [7, 11) is 3.71. The van der Waals surface area contributed by atoms with Gasteiger partial charge in [0.05, 0.1) is 7.11 Å². The van der Waals surface area contributed by atoms with E-state index in [0.717, 1.165) is 24.7 Å². The predicted octanol–water partition coefficient (Wildman–Crippen LogP) is 3.36. The highest BCUT2D eigenvalue weighted by Crippen LogP contribution is 2.23. The molecule has 1 aromatic rings. The third-order valence-corrected chi connectivity index (χ3v) is 4.54. The zero-order valence-corrected chi connectivity index (χ0v) is 13.4. The number of nitrogens with one attached hydrogen (secondary N) is 1. The Kier molecular flexibility index (Phi) is 6.00. The monoisotopic (exact) mass is 294 g/mol. The fourth-order valence-electron chi connectivity index (χ4n) is 3.05. The smallest absolute Gasteiger partial charge is 0.165 e. The van der Waals surface area contributed by atoms with E-state index in [2.05, 4.69) is 24.2 Å². The summed E-state index contributed by atoms with van der Waals surface area (Å²) in [4.78, 5) is 2.46. The van der Waals surface area contributed by atoms with Gasteiger partial charge in [-0.25, -0.2) is 4.39 Å². The van der Waals surface area contributed by atoms with Crippen molar-refractivity contribution in [3.05, 3.63) is 29.6 Å². The summed E-state index contributed by atoms with van der Waals surface area (Å²) in [5.74, 6) is -0.00126. The minimum atomic E-state index is -0.311. The predicted molar refractivity (Wildman–Crippen MR) is 84.3 cm³/mol. The summed E-state index contributed by atoms with van der Waals surface area (Å²) in [6.45, 7) is 4.09. The average molecular weight is 294 g/mol. The molecule has 0 saturated heterocycles. The van der Waals surface area contributed by atoms with Gasteiger partial charge in [0.25, 0.3) is 0 Å². The molecule has 0 radical (unpaired) electrons. The number of likely N-dealkylation sites (N-methyl/N-ethyl adjacent to an activating group) is 1. The Bertz CT molecular complexity index is 446. The van der Waals surface area contributed by atoms with Crippen LogP contribution in [0.2, 0.25) is 0 Å². The van der Waals surface area contributed by atoms with Gasteiger partial charge in [-0.05, 0) is 44.5 Å². The number of nitrogens with zero attached hydrogens (tertiary/aromatic N) is 1. The van der Waals surface area contributed by atoms with Crippen LogP contribution in [0.5, 0.6) is 5.75 Å². The summed E-state index contributed by atoms with van der Waals surface area (Å²) in [5.41, 5.74) is 1.05. The molecule has 0 aromatic heterocycles. The molecule has 118 valence electrons. The van der Waals surface area contributed by atoms with E-state index in [-0.39, 0.29) is 11.9 Å². The lowest BCUT2D eigenvalue weighted by Crippen LogP contribution is -2.36. The molecular weight excluding hydrogens is 267 g/mol. The van der Waals surface area contributed by atoms with Gasteiger partial charge in [-0.3, -0.25) is 0 Å².